The van der Waals surface area contributed by atoms with Crippen LogP contribution in [0.1, 0.15) is 20.3 Å². The van der Waals surface area contributed by atoms with Crippen LogP contribution >= 0.6 is 0 Å². The van der Waals surface area contributed by atoms with E-state index >= 15 is 0 Å². The van der Waals surface area contributed by atoms with E-state index in [1.807, 2.05) is 0 Å². The second-order valence-electron chi connectivity index (χ2n) is 2.64. The van der Waals surface area contributed by atoms with Gasteiger partial charge < -0.3 is 4.74 Å². The Morgan fingerprint density at radius 1 is 1.90 bits per heavy atom. The molecule has 0 aromatic carbocycles. The molecule has 1 unspecified atom stereocenters. The second-order valence-corrected chi connectivity index (χ2v) is 2.64. The average molecular weight is 144 g/mol. The molecule has 56 valence electrons. The summed E-state index contributed by atoms with van der Waals surface area (Å²) in [7, 11) is 0. The minimum atomic E-state index is -0.624. The fraction of sp³-hybridized carbons (Fsp3) is 0.571. The van der Waals surface area contributed by atoms with Crippen LogP contribution in [-0.2, 0) is 9.53 Å². The summed E-state index contributed by atoms with van der Waals surface area (Å²) in [5.74, 6) is -0.362. The lowest BCUT2D eigenvalue weighted by molar-refractivity contribution is -0.146. The summed E-state index contributed by atoms with van der Waals surface area (Å²) in [6.45, 7) is 3.01. The van der Waals surface area contributed by atoms with Crippen molar-refractivity contribution in [1.82, 2.24) is 0 Å². The molecule has 0 N–H and O–H groups in total. The average Bonchev–Trinajstić information content (AvgIpc) is 2.39. The van der Waals surface area contributed by atoms with Crippen molar-refractivity contribution in [2.24, 2.45) is 0 Å². The van der Waals surface area contributed by atoms with E-state index in [9.17, 15) is 9.18 Å². The molecule has 0 amide bonds. The van der Waals surface area contributed by atoms with Gasteiger partial charge in [-0.2, -0.15) is 0 Å². The molecule has 0 aliphatic heterocycles. The van der Waals surface area contributed by atoms with Gasteiger partial charge >= 0.3 is 5.97 Å². The van der Waals surface area contributed by atoms with Crippen molar-refractivity contribution in [3.8, 4) is 0 Å². The van der Waals surface area contributed by atoms with Gasteiger partial charge in [-0.05, 0) is 6.92 Å². The van der Waals surface area contributed by atoms with Crippen LogP contribution in [0.15, 0.2) is 11.9 Å². The SMILES string of the molecule is CC(=O)OC1(C)CC1=CF. The Morgan fingerprint density at radius 3 is 2.80 bits per heavy atom. The normalized spacial score (nSPS) is 34.1. The fourth-order valence-corrected chi connectivity index (χ4v) is 0.892. The zero-order chi connectivity index (χ0) is 7.78. The molecule has 0 heterocycles. The number of ether oxygens (including phenoxy) is 1. The van der Waals surface area contributed by atoms with Gasteiger partial charge in [-0.3, -0.25) is 4.79 Å². The van der Waals surface area contributed by atoms with Gasteiger partial charge in [0.05, 0.1) is 6.33 Å². The molecule has 1 aliphatic carbocycles. The summed E-state index contributed by atoms with van der Waals surface area (Å²) in [6, 6.07) is 0. The molecular formula is C7H9FO2. The summed E-state index contributed by atoms with van der Waals surface area (Å²) in [6.07, 6.45) is 1.03. The van der Waals surface area contributed by atoms with Crippen LogP contribution in [0, 0.1) is 0 Å². The second kappa shape index (κ2) is 2.08. The van der Waals surface area contributed by atoms with Crippen LogP contribution in [0.2, 0.25) is 0 Å². The molecule has 10 heavy (non-hydrogen) atoms. The van der Waals surface area contributed by atoms with Crippen molar-refractivity contribution in [3.63, 3.8) is 0 Å². The molecule has 1 rings (SSSR count). The van der Waals surface area contributed by atoms with Gasteiger partial charge in [0.1, 0.15) is 5.60 Å². The van der Waals surface area contributed by atoms with Crippen molar-refractivity contribution in [1.29, 1.82) is 0 Å². The van der Waals surface area contributed by atoms with E-state index in [4.69, 9.17) is 4.74 Å². The highest BCUT2D eigenvalue weighted by molar-refractivity contribution is 5.68. The summed E-state index contributed by atoms with van der Waals surface area (Å²) >= 11 is 0. The van der Waals surface area contributed by atoms with Crippen LogP contribution in [0.25, 0.3) is 0 Å². The quantitative estimate of drug-likeness (QED) is 0.522. The monoisotopic (exact) mass is 144 g/mol. The summed E-state index contributed by atoms with van der Waals surface area (Å²) < 4.78 is 16.6. The number of carbonyl (C=O) groups excluding carboxylic acids is 1. The maximum atomic E-state index is 11.8. The van der Waals surface area contributed by atoms with E-state index in [2.05, 4.69) is 0 Å². The number of halogens is 1. The molecule has 0 aromatic rings. The minimum Gasteiger partial charge on any atom is -0.455 e. The lowest BCUT2D eigenvalue weighted by Gasteiger charge is -2.06. The van der Waals surface area contributed by atoms with E-state index in [-0.39, 0.29) is 5.97 Å². The molecule has 0 radical (unpaired) electrons. The highest BCUT2D eigenvalue weighted by Gasteiger charge is 2.48. The third-order valence-corrected chi connectivity index (χ3v) is 1.58. The van der Waals surface area contributed by atoms with Gasteiger partial charge in [0.15, 0.2) is 0 Å². The van der Waals surface area contributed by atoms with Gasteiger partial charge in [0.25, 0.3) is 0 Å². The molecule has 3 heteroatoms. The van der Waals surface area contributed by atoms with Crippen molar-refractivity contribution >= 4 is 5.97 Å². The molecule has 0 aromatic heterocycles. The Labute approximate surface area is 58.7 Å². The predicted molar refractivity (Wildman–Crippen MR) is 34.0 cm³/mol. The van der Waals surface area contributed by atoms with E-state index in [1.54, 1.807) is 6.92 Å². The molecule has 1 saturated carbocycles. The van der Waals surface area contributed by atoms with Crippen LogP contribution < -0.4 is 0 Å². The van der Waals surface area contributed by atoms with Gasteiger partial charge in [-0.1, -0.05) is 0 Å². The number of rotatable bonds is 1. The minimum absolute atomic E-state index is 0.362. The highest BCUT2D eigenvalue weighted by atomic mass is 19.1. The van der Waals surface area contributed by atoms with Crippen LogP contribution in [0.3, 0.4) is 0 Å². The first-order valence-corrected chi connectivity index (χ1v) is 3.08. The predicted octanol–water partition coefficient (Wildman–Crippen LogP) is 1.57. The third-order valence-electron chi connectivity index (χ3n) is 1.58. The Morgan fingerprint density at radius 2 is 2.50 bits per heavy atom. The first-order valence-electron chi connectivity index (χ1n) is 3.08. The Bertz CT molecular complexity index is 198. The smallest absolute Gasteiger partial charge is 0.303 e. The van der Waals surface area contributed by atoms with E-state index in [0.717, 1.165) is 0 Å². The summed E-state index contributed by atoms with van der Waals surface area (Å²) in [5, 5.41) is 0. The topological polar surface area (TPSA) is 26.3 Å². The molecule has 1 aliphatic rings. The number of hydrogen-bond donors (Lipinski definition) is 0. The molecule has 0 saturated heterocycles. The number of esters is 1. The maximum Gasteiger partial charge on any atom is 0.303 e. The summed E-state index contributed by atoms with van der Waals surface area (Å²) in [4.78, 5) is 10.4. The number of carbonyl (C=O) groups is 1. The molecular weight excluding hydrogens is 135 g/mol. The highest BCUT2D eigenvalue weighted by Crippen LogP contribution is 2.45. The van der Waals surface area contributed by atoms with Gasteiger partial charge in [0.2, 0.25) is 0 Å². The molecule has 0 bridgehead atoms. The Balaban J connectivity index is 2.52. The molecule has 2 nitrogen and oxygen atoms in total. The van der Waals surface area contributed by atoms with Crippen LogP contribution in [-0.4, -0.2) is 11.6 Å². The van der Waals surface area contributed by atoms with Gasteiger partial charge in [-0.25, -0.2) is 4.39 Å². The van der Waals surface area contributed by atoms with Gasteiger partial charge in [-0.15, -0.1) is 0 Å². The number of hydrogen-bond acceptors (Lipinski definition) is 2. The van der Waals surface area contributed by atoms with Crippen LogP contribution in [0.4, 0.5) is 4.39 Å². The first kappa shape index (κ1) is 7.25. The van der Waals surface area contributed by atoms with Crippen LogP contribution in [0.5, 0.6) is 0 Å². The zero-order valence-corrected chi connectivity index (χ0v) is 5.98. The standard InChI is InChI=1S/C7H9FO2/c1-5(9)10-7(2)3-6(7)4-8/h4H,3H2,1-2H3. The molecule has 0 spiro atoms. The van der Waals surface area contributed by atoms with E-state index in [1.165, 1.54) is 6.92 Å². The Kier molecular flexibility index (Phi) is 1.50. The van der Waals surface area contributed by atoms with Crippen molar-refractivity contribution in [2.75, 3.05) is 0 Å². The lowest BCUT2D eigenvalue weighted by atomic mass is 10.4. The van der Waals surface area contributed by atoms with Crippen molar-refractivity contribution in [2.45, 2.75) is 25.9 Å². The summed E-state index contributed by atoms with van der Waals surface area (Å²) in [5.41, 5.74) is -0.0664. The lowest BCUT2D eigenvalue weighted by Crippen LogP contribution is -2.12. The largest absolute Gasteiger partial charge is 0.455 e. The molecule has 1 atom stereocenters. The first-order chi connectivity index (χ1) is 4.58. The zero-order valence-electron chi connectivity index (χ0n) is 5.98. The van der Waals surface area contributed by atoms with E-state index < -0.39 is 5.60 Å². The maximum absolute atomic E-state index is 11.8. The van der Waals surface area contributed by atoms with Crippen molar-refractivity contribution in [3.05, 3.63) is 11.9 Å². The van der Waals surface area contributed by atoms with E-state index in [0.29, 0.717) is 18.3 Å². The van der Waals surface area contributed by atoms with Gasteiger partial charge in [0, 0.05) is 18.9 Å². The fourth-order valence-electron chi connectivity index (χ4n) is 0.892. The van der Waals surface area contributed by atoms with Crippen molar-refractivity contribution < 1.29 is 13.9 Å². The third kappa shape index (κ3) is 1.17. The molecule has 1 fully saturated rings. The Hall–Kier alpha value is -0.860.